The molecule has 1 aliphatic carbocycles. The van der Waals surface area contributed by atoms with Gasteiger partial charge < -0.3 is 9.51 Å². The Hall–Kier alpha value is -2.77. The van der Waals surface area contributed by atoms with Gasteiger partial charge in [-0.05, 0) is 35.6 Å². The SMILES string of the molecule is O=C(O)c1nnn(Cc2cn3cc(C4CC4)ccc3n2)n1. The lowest BCUT2D eigenvalue weighted by Gasteiger charge is -1.98. The summed E-state index contributed by atoms with van der Waals surface area (Å²) in [6.45, 7) is 0.292. The topological polar surface area (TPSA) is 98.2 Å². The predicted molar refractivity (Wildman–Crippen MR) is 71.0 cm³/mol. The summed E-state index contributed by atoms with van der Waals surface area (Å²) in [5.41, 5.74) is 2.95. The molecule has 0 unspecified atom stereocenters. The first-order chi connectivity index (χ1) is 10.2. The molecule has 1 saturated carbocycles. The molecule has 0 atom stereocenters. The molecule has 3 aromatic heterocycles. The third-order valence-corrected chi connectivity index (χ3v) is 3.52. The number of hydrogen-bond acceptors (Lipinski definition) is 5. The van der Waals surface area contributed by atoms with Gasteiger partial charge in [-0.2, -0.15) is 4.80 Å². The molecule has 0 aromatic carbocycles. The summed E-state index contributed by atoms with van der Waals surface area (Å²) >= 11 is 0. The van der Waals surface area contributed by atoms with Crippen molar-refractivity contribution in [2.45, 2.75) is 25.3 Å². The number of carbonyl (C=O) groups is 1. The van der Waals surface area contributed by atoms with Crippen LogP contribution in [0.4, 0.5) is 0 Å². The predicted octanol–water partition coefficient (Wildman–Crippen LogP) is 0.945. The van der Waals surface area contributed by atoms with Crippen molar-refractivity contribution in [1.82, 2.24) is 29.6 Å². The molecular formula is C13H12N6O2. The zero-order chi connectivity index (χ0) is 14.4. The monoisotopic (exact) mass is 284 g/mol. The summed E-state index contributed by atoms with van der Waals surface area (Å²) in [5.74, 6) is -0.810. The number of carboxylic acid groups (broad SMARTS) is 1. The van der Waals surface area contributed by atoms with Gasteiger partial charge in [0.2, 0.25) is 0 Å². The third-order valence-electron chi connectivity index (χ3n) is 3.52. The van der Waals surface area contributed by atoms with E-state index in [1.54, 1.807) is 0 Å². The number of pyridine rings is 1. The van der Waals surface area contributed by atoms with Crippen LogP contribution in [0, 0.1) is 0 Å². The van der Waals surface area contributed by atoms with Gasteiger partial charge >= 0.3 is 5.97 Å². The zero-order valence-corrected chi connectivity index (χ0v) is 11.0. The van der Waals surface area contributed by atoms with Gasteiger partial charge in [-0.3, -0.25) is 0 Å². The van der Waals surface area contributed by atoms with Gasteiger partial charge in [-0.25, -0.2) is 9.78 Å². The van der Waals surface area contributed by atoms with Gasteiger partial charge in [0.15, 0.2) is 0 Å². The van der Waals surface area contributed by atoms with E-state index in [9.17, 15) is 4.79 Å². The summed E-state index contributed by atoms with van der Waals surface area (Å²) < 4.78 is 1.98. The molecule has 3 heterocycles. The molecule has 1 N–H and O–H groups in total. The molecule has 0 saturated heterocycles. The molecular weight excluding hydrogens is 272 g/mol. The van der Waals surface area contributed by atoms with Crippen molar-refractivity contribution in [3.63, 3.8) is 0 Å². The number of fused-ring (bicyclic) bond motifs is 1. The van der Waals surface area contributed by atoms with E-state index < -0.39 is 5.97 Å². The van der Waals surface area contributed by atoms with E-state index in [-0.39, 0.29) is 5.82 Å². The van der Waals surface area contributed by atoms with Crippen LogP contribution in [-0.2, 0) is 6.54 Å². The highest BCUT2D eigenvalue weighted by Crippen LogP contribution is 2.39. The first-order valence-electron chi connectivity index (χ1n) is 6.68. The fraction of sp³-hybridized carbons (Fsp3) is 0.308. The quantitative estimate of drug-likeness (QED) is 0.765. The molecule has 8 nitrogen and oxygen atoms in total. The molecule has 0 bridgehead atoms. The van der Waals surface area contributed by atoms with Crippen LogP contribution in [0.25, 0.3) is 5.65 Å². The van der Waals surface area contributed by atoms with Crippen molar-refractivity contribution in [1.29, 1.82) is 0 Å². The molecule has 1 aliphatic rings. The van der Waals surface area contributed by atoms with Crippen LogP contribution in [0.3, 0.4) is 0 Å². The molecule has 4 rings (SSSR count). The van der Waals surface area contributed by atoms with Crippen LogP contribution in [0.15, 0.2) is 24.5 Å². The highest BCUT2D eigenvalue weighted by molar-refractivity contribution is 5.82. The van der Waals surface area contributed by atoms with Crippen molar-refractivity contribution in [3.05, 3.63) is 41.6 Å². The molecule has 0 radical (unpaired) electrons. The van der Waals surface area contributed by atoms with Crippen LogP contribution in [-0.4, -0.2) is 40.7 Å². The fourth-order valence-electron chi connectivity index (χ4n) is 2.34. The minimum atomic E-state index is -1.19. The maximum atomic E-state index is 10.7. The van der Waals surface area contributed by atoms with Crippen molar-refractivity contribution >= 4 is 11.6 Å². The minimum Gasteiger partial charge on any atom is -0.475 e. The van der Waals surface area contributed by atoms with Crippen LogP contribution < -0.4 is 0 Å². The lowest BCUT2D eigenvalue weighted by molar-refractivity contribution is 0.0683. The number of rotatable bonds is 4. The highest BCUT2D eigenvalue weighted by atomic mass is 16.4. The average molecular weight is 284 g/mol. The number of imidazole rings is 1. The van der Waals surface area contributed by atoms with Gasteiger partial charge in [0.05, 0.1) is 5.69 Å². The second-order valence-corrected chi connectivity index (χ2v) is 5.18. The second kappa shape index (κ2) is 4.37. The number of aromatic nitrogens is 6. The summed E-state index contributed by atoms with van der Waals surface area (Å²) in [6.07, 6.45) is 6.52. The number of hydrogen-bond donors (Lipinski definition) is 1. The summed E-state index contributed by atoms with van der Waals surface area (Å²) in [7, 11) is 0. The van der Waals surface area contributed by atoms with Crippen molar-refractivity contribution in [3.8, 4) is 0 Å². The highest BCUT2D eigenvalue weighted by Gasteiger charge is 2.23. The number of aromatic carboxylic acids is 1. The number of tetrazole rings is 1. The molecule has 0 aliphatic heterocycles. The molecule has 1 fully saturated rings. The van der Waals surface area contributed by atoms with Gasteiger partial charge in [0, 0.05) is 12.4 Å². The van der Waals surface area contributed by atoms with Gasteiger partial charge in [0.25, 0.3) is 5.82 Å². The van der Waals surface area contributed by atoms with Crippen LogP contribution in [0.2, 0.25) is 0 Å². The van der Waals surface area contributed by atoms with Crippen LogP contribution in [0.1, 0.15) is 40.6 Å². The van der Waals surface area contributed by atoms with Crippen molar-refractivity contribution < 1.29 is 9.90 Å². The second-order valence-electron chi connectivity index (χ2n) is 5.18. The molecule has 106 valence electrons. The van der Waals surface area contributed by atoms with Crippen LogP contribution in [0.5, 0.6) is 0 Å². The standard InChI is InChI=1S/C13H12N6O2/c20-13(21)12-15-17-19(16-12)7-10-6-18-5-9(8-1-2-8)3-4-11(18)14-10/h3-6,8H,1-2,7H2,(H,20,21). The average Bonchev–Trinajstić information content (AvgIpc) is 3.07. The van der Waals surface area contributed by atoms with Crippen molar-refractivity contribution in [2.75, 3.05) is 0 Å². The van der Waals surface area contributed by atoms with E-state index in [1.807, 2.05) is 16.7 Å². The Kier molecular flexibility index (Phi) is 2.50. The van der Waals surface area contributed by atoms with E-state index >= 15 is 0 Å². The van der Waals surface area contributed by atoms with Gasteiger partial charge in [-0.15, -0.1) is 10.2 Å². The Morgan fingerprint density at radius 3 is 2.90 bits per heavy atom. The third kappa shape index (κ3) is 2.24. The maximum Gasteiger partial charge on any atom is 0.377 e. The van der Waals surface area contributed by atoms with Gasteiger partial charge in [-0.1, -0.05) is 6.07 Å². The Balaban J connectivity index is 1.61. The largest absolute Gasteiger partial charge is 0.475 e. The van der Waals surface area contributed by atoms with E-state index in [0.29, 0.717) is 12.5 Å². The molecule has 8 heteroatoms. The molecule has 21 heavy (non-hydrogen) atoms. The summed E-state index contributed by atoms with van der Waals surface area (Å²) in [4.78, 5) is 16.4. The first-order valence-corrected chi connectivity index (χ1v) is 6.68. The minimum absolute atomic E-state index is 0.292. The normalized spacial score (nSPS) is 14.7. The van der Waals surface area contributed by atoms with E-state index in [2.05, 4.69) is 32.7 Å². The Morgan fingerprint density at radius 1 is 1.33 bits per heavy atom. The van der Waals surface area contributed by atoms with E-state index in [4.69, 9.17) is 5.11 Å². The Bertz CT molecular complexity index is 832. The first kappa shape index (κ1) is 12.0. The van der Waals surface area contributed by atoms with E-state index in [0.717, 1.165) is 11.3 Å². The van der Waals surface area contributed by atoms with E-state index in [1.165, 1.54) is 23.2 Å². The smallest absolute Gasteiger partial charge is 0.377 e. The zero-order valence-electron chi connectivity index (χ0n) is 11.0. The molecule has 3 aromatic rings. The number of nitrogens with zero attached hydrogens (tertiary/aromatic N) is 6. The number of carboxylic acids is 1. The lowest BCUT2D eigenvalue weighted by atomic mass is 10.2. The van der Waals surface area contributed by atoms with Crippen LogP contribution >= 0.6 is 0 Å². The lowest BCUT2D eigenvalue weighted by Crippen LogP contribution is -2.06. The Morgan fingerprint density at radius 2 is 2.19 bits per heavy atom. The summed E-state index contributed by atoms with van der Waals surface area (Å²) in [6, 6.07) is 4.11. The molecule has 0 amide bonds. The van der Waals surface area contributed by atoms with Gasteiger partial charge in [0.1, 0.15) is 12.2 Å². The molecule has 0 spiro atoms. The summed E-state index contributed by atoms with van der Waals surface area (Å²) in [5, 5.41) is 19.7. The van der Waals surface area contributed by atoms with Crippen molar-refractivity contribution in [2.24, 2.45) is 0 Å². The Labute approximate surface area is 119 Å². The maximum absolute atomic E-state index is 10.7. The fourth-order valence-corrected chi connectivity index (χ4v) is 2.34.